The third kappa shape index (κ3) is 2.22. The number of thiazole rings is 1. The number of hydrogen-bond donors (Lipinski definition) is 2. The molecule has 0 radical (unpaired) electrons. The SMILES string of the molecule is Cc1nc(-c2cc[nH]c2)sc1C1CCC(N)CC1. The van der Waals surface area contributed by atoms with Gasteiger partial charge in [-0.15, -0.1) is 11.3 Å². The van der Waals surface area contributed by atoms with Gasteiger partial charge in [0.05, 0.1) is 5.69 Å². The van der Waals surface area contributed by atoms with E-state index < -0.39 is 0 Å². The maximum absolute atomic E-state index is 5.98. The van der Waals surface area contributed by atoms with Crippen LogP contribution in [-0.4, -0.2) is 16.0 Å². The Balaban J connectivity index is 1.85. The fraction of sp³-hybridized carbons (Fsp3) is 0.500. The quantitative estimate of drug-likeness (QED) is 0.870. The Bertz CT molecular complexity index is 507. The molecule has 18 heavy (non-hydrogen) atoms. The first-order chi connectivity index (χ1) is 8.74. The van der Waals surface area contributed by atoms with Crippen LogP contribution in [0.5, 0.6) is 0 Å². The van der Waals surface area contributed by atoms with Gasteiger partial charge in [-0.3, -0.25) is 0 Å². The first-order valence-electron chi connectivity index (χ1n) is 6.60. The van der Waals surface area contributed by atoms with Gasteiger partial charge in [0.1, 0.15) is 5.01 Å². The van der Waals surface area contributed by atoms with Crippen molar-refractivity contribution in [2.75, 3.05) is 0 Å². The van der Waals surface area contributed by atoms with Crippen LogP contribution in [0.25, 0.3) is 10.6 Å². The maximum Gasteiger partial charge on any atom is 0.125 e. The highest BCUT2D eigenvalue weighted by atomic mass is 32.1. The number of nitrogens with two attached hydrogens (primary N) is 1. The van der Waals surface area contributed by atoms with Crippen LogP contribution in [-0.2, 0) is 0 Å². The second kappa shape index (κ2) is 4.86. The minimum Gasteiger partial charge on any atom is -0.367 e. The summed E-state index contributed by atoms with van der Waals surface area (Å²) in [5, 5.41) is 1.14. The Kier molecular flexibility index (Phi) is 3.22. The summed E-state index contributed by atoms with van der Waals surface area (Å²) in [4.78, 5) is 9.28. The van der Waals surface area contributed by atoms with Crippen LogP contribution in [0.1, 0.15) is 42.2 Å². The van der Waals surface area contributed by atoms with E-state index in [1.54, 1.807) is 0 Å². The molecule has 3 N–H and O–H groups in total. The molecule has 2 aromatic rings. The Morgan fingerprint density at radius 1 is 1.33 bits per heavy atom. The minimum absolute atomic E-state index is 0.415. The first-order valence-corrected chi connectivity index (χ1v) is 7.41. The smallest absolute Gasteiger partial charge is 0.125 e. The third-order valence-electron chi connectivity index (χ3n) is 3.82. The van der Waals surface area contributed by atoms with Gasteiger partial charge >= 0.3 is 0 Å². The Hall–Kier alpha value is -1.13. The monoisotopic (exact) mass is 261 g/mol. The van der Waals surface area contributed by atoms with Gasteiger partial charge in [0.2, 0.25) is 0 Å². The van der Waals surface area contributed by atoms with Crippen molar-refractivity contribution in [1.82, 2.24) is 9.97 Å². The normalized spacial score (nSPS) is 24.3. The van der Waals surface area contributed by atoms with Gasteiger partial charge in [0.25, 0.3) is 0 Å². The molecule has 2 heterocycles. The molecule has 3 nitrogen and oxygen atoms in total. The van der Waals surface area contributed by atoms with Crippen molar-refractivity contribution in [3.63, 3.8) is 0 Å². The number of aryl methyl sites for hydroxylation is 1. The molecule has 1 saturated carbocycles. The molecule has 3 rings (SSSR count). The van der Waals surface area contributed by atoms with E-state index in [1.165, 1.54) is 29.0 Å². The molecule has 1 fully saturated rings. The molecule has 0 aliphatic heterocycles. The molecule has 0 amide bonds. The third-order valence-corrected chi connectivity index (χ3v) is 5.19. The van der Waals surface area contributed by atoms with Crippen molar-refractivity contribution >= 4 is 11.3 Å². The van der Waals surface area contributed by atoms with Crippen LogP contribution < -0.4 is 5.73 Å². The lowest BCUT2D eigenvalue weighted by Crippen LogP contribution is -2.25. The molecule has 0 saturated heterocycles. The van der Waals surface area contributed by atoms with Crippen LogP contribution in [0, 0.1) is 6.92 Å². The van der Waals surface area contributed by atoms with Crippen molar-refractivity contribution in [2.24, 2.45) is 5.73 Å². The highest BCUT2D eigenvalue weighted by molar-refractivity contribution is 7.15. The average Bonchev–Trinajstić information content (AvgIpc) is 2.99. The van der Waals surface area contributed by atoms with E-state index in [0.29, 0.717) is 12.0 Å². The topological polar surface area (TPSA) is 54.7 Å². The zero-order chi connectivity index (χ0) is 12.5. The number of aromatic amines is 1. The van der Waals surface area contributed by atoms with E-state index in [2.05, 4.69) is 18.0 Å². The number of nitrogens with one attached hydrogen (secondary N) is 1. The molecular weight excluding hydrogens is 242 g/mol. The number of rotatable bonds is 2. The van der Waals surface area contributed by atoms with E-state index in [0.717, 1.165) is 17.8 Å². The van der Waals surface area contributed by atoms with Crippen molar-refractivity contribution in [3.8, 4) is 10.6 Å². The standard InChI is InChI=1S/C14H19N3S/c1-9-13(10-2-4-12(15)5-3-10)18-14(17-9)11-6-7-16-8-11/h6-8,10,12,16H,2-5,15H2,1H3. The van der Waals surface area contributed by atoms with Crippen molar-refractivity contribution in [1.29, 1.82) is 0 Å². The van der Waals surface area contributed by atoms with Crippen LogP contribution in [0.15, 0.2) is 18.5 Å². The lowest BCUT2D eigenvalue weighted by Gasteiger charge is -2.25. The predicted molar refractivity (Wildman–Crippen MR) is 75.8 cm³/mol. The number of aromatic nitrogens is 2. The Labute approximate surface area is 111 Å². The molecular formula is C14H19N3S. The lowest BCUT2D eigenvalue weighted by atomic mass is 9.85. The number of hydrogen-bond acceptors (Lipinski definition) is 3. The highest BCUT2D eigenvalue weighted by Gasteiger charge is 2.24. The highest BCUT2D eigenvalue weighted by Crippen LogP contribution is 2.39. The Morgan fingerprint density at radius 2 is 2.11 bits per heavy atom. The first kappa shape index (κ1) is 11.9. The van der Waals surface area contributed by atoms with Crippen LogP contribution >= 0.6 is 11.3 Å². The molecule has 0 spiro atoms. The molecule has 0 aromatic carbocycles. The number of H-pyrrole nitrogens is 1. The Morgan fingerprint density at radius 3 is 2.78 bits per heavy atom. The van der Waals surface area contributed by atoms with Crippen molar-refractivity contribution < 1.29 is 0 Å². The van der Waals surface area contributed by atoms with E-state index in [9.17, 15) is 0 Å². The summed E-state index contributed by atoms with van der Waals surface area (Å²) in [6, 6.07) is 2.50. The largest absolute Gasteiger partial charge is 0.367 e. The zero-order valence-corrected chi connectivity index (χ0v) is 11.5. The molecule has 0 bridgehead atoms. The second-order valence-electron chi connectivity index (χ2n) is 5.18. The van der Waals surface area contributed by atoms with E-state index in [4.69, 9.17) is 10.7 Å². The van der Waals surface area contributed by atoms with Gasteiger partial charge in [-0.25, -0.2) is 4.98 Å². The molecule has 4 heteroatoms. The molecule has 1 aliphatic rings. The summed E-state index contributed by atoms with van der Waals surface area (Å²) in [6.07, 6.45) is 8.71. The average molecular weight is 261 g/mol. The molecule has 96 valence electrons. The minimum atomic E-state index is 0.415. The number of nitrogens with zero attached hydrogens (tertiary/aromatic N) is 1. The van der Waals surface area contributed by atoms with Gasteiger partial charge in [0.15, 0.2) is 0 Å². The summed E-state index contributed by atoms with van der Waals surface area (Å²) < 4.78 is 0. The predicted octanol–water partition coefficient (Wildman–Crippen LogP) is 3.43. The van der Waals surface area contributed by atoms with Gasteiger partial charge in [-0.05, 0) is 44.6 Å². The summed E-state index contributed by atoms with van der Waals surface area (Å²) in [5.74, 6) is 0.676. The van der Waals surface area contributed by atoms with Gasteiger partial charge in [0, 0.05) is 28.9 Å². The second-order valence-corrected chi connectivity index (χ2v) is 6.21. The van der Waals surface area contributed by atoms with Gasteiger partial charge < -0.3 is 10.7 Å². The summed E-state index contributed by atoms with van der Waals surface area (Å²) >= 11 is 1.85. The fourth-order valence-electron chi connectivity index (χ4n) is 2.75. The van der Waals surface area contributed by atoms with Crippen molar-refractivity contribution in [2.45, 2.75) is 44.6 Å². The molecule has 0 unspecified atom stereocenters. The molecule has 1 aliphatic carbocycles. The van der Waals surface area contributed by atoms with Crippen LogP contribution in [0.3, 0.4) is 0 Å². The molecule has 0 atom stereocenters. The zero-order valence-electron chi connectivity index (χ0n) is 10.6. The summed E-state index contributed by atoms with van der Waals surface area (Å²) in [6.45, 7) is 2.14. The lowest BCUT2D eigenvalue weighted by molar-refractivity contribution is 0.398. The summed E-state index contributed by atoms with van der Waals surface area (Å²) in [5.41, 5.74) is 8.38. The van der Waals surface area contributed by atoms with Crippen LogP contribution in [0.4, 0.5) is 0 Å². The molecule has 2 aromatic heterocycles. The van der Waals surface area contributed by atoms with Crippen LogP contribution in [0.2, 0.25) is 0 Å². The van der Waals surface area contributed by atoms with E-state index >= 15 is 0 Å². The van der Waals surface area contributed by atoms with E-state index in [1.807, 2.05) is 23.7 Å². The van der Waals surface area contributed by atoms with Gasteiger partial charge in [-0.1, -0.05) is 0 Å². The summed E-state index contributed by atoms with van der Waals surface area (Å²) in [7, 11) is 0. The van der Waals surface area contributed by atoms with Crippen molar-refractivity contribution in [3.05, 3.63) is 29.0 Å². The maximum atomic E-state index is 5.98. The van der Waals surface area contributed by atoms with Gasteiger partial charge in [-0.2, -0.15) is 0 Å². The fourth-order valence-corrected chi connectivity index (χ4v) is 3.98. The van der Waals surface area contributed by atoms with E-state index in [-0.39, 0.29) is 0 Å².